The predicted octanol–water partition coefficient (Wildman–Crippen LogP) is 2.50. The minimum atomic E-state index is -1.82. The first-order valence-corrected chi connectivity index (χ1v) is 8.35. The lowest BCUT2D eigenvalue weighted by Crippen LogP contribution is -2.16. The molecule has 1 aromatic heterocycles. The summed E-state index contributed by atoms with van der Waals surface area (Å²) in [6.07, 6.45) is 0.950. The molecule has 26 heavy (non-hydrogen) atoms. The Kier molecular flexibility index (Phi) is 8.74. The minimum absolute atomic E-state index is 0.238. The first-order chi connectivity index (χ1) is 12.3. The van der Waals surface area contributed by atoms with E-state index in [2.05, 4.69) is 10.4 Å². The fourth-order valence-electron chi connectivity index (χ4n) is 2.17. The van der Waals surface area contributed by atoms with Crippen LogP contribution in [0.1, 0.15) is 23.4 Å². The van der Waals surface area contributed by atoms with E-state index in [9.17, 15) is 4.39 Å². The molecule has 142 valence electrons. The first kappa shape index (κ1) is 21.6. The van der Waals surface area contributed by atoms with Gasteiger partial charge in [-0.15, -0.1) is 11.6 Å². The van der Waals surface area contributed by atoms with Crippen molar-refractivity contribution in [2.24, 2.45) is 0 Å². The Bertz CT molecular complexity index is 735. The molecule has 0 aliphatic rings. The van der Waals surface area contributed by atoms with Gasteiger partial charge in [0.15, 0.2) is 0 Å². The molecule has 0 saturated carbocycles. The van der Waals surface area contributed by atoms with Gasteiger partial charge in [-0.1, -0.05) is 0 Å². The smallest absolute Gasteiger partial charge is 0.414 e. The summed E-state index contributed by atoms with van der Waals surface area (Å²) in [6.45, 7) is 5.69. The van der Waals surface area contributed by atoms with E-state index in [0.717, 1.165) is 36.6 Å². The van der Waals surface area contributed by atoms with E-state index < -0.39 is 11.9 Å². The van der Waals surface area contributed by atoms with Crippen LogP contribution in [-0.2, 0) is 16.1 Å². The van der Waals surface area contributed by atoms with E-state index >= 15 is 0 Å². The van der Waals surface area contributed by atoms with Crippen LogP contribution in [0, 0.1) is 19.7 Å². The molecule has 0 amide bonds. The Hall–Kier alpha value is -2.45. The van der Waals surface area contributed by atoms with Crippen molar-refractivity contribution in [3.05, 3.63) is 47.0 Å². The third-order valence-corrected chi connectivity index (χ3v) is 3.75. The number of carbonyl (C=O) groups is 2. The fraction of sp³-hybridized carbons (Fsp3) is 0.353. The zero-order valence-electron chi connectivity index (χ0n) is 14.5. The van der Waals surface area contributed by atoms with Crippen LogP contribution in [-0.4, -0.2) is 44.4 Å². The molecule has 0 spiro atoms. The van der Waals surface area contributed by atoms with E-state index in [1.54, 1.807) is 12.1 Å². The van der Waals surface area contributed by atoms with Crippen LogP contribution < -0.4 is 5.32 Å². The van der Waals surface area contributed by atoms with Crippen LogP contribution >= 0.6 is 11.6 Å². The molecule has 0 radical (unpaired) electrons. The van der Waals surface area contributed by atoms with Gasteiger partial charge in [0.2, 0.25) is 0 Å². The van der Waals surface area contributed by atoms with Crippen molar-refractivity contribution in [2.45, 2.75) is 26.8 Å². The lowest BCUT2D eigenvalue weighted by Gasteiger charge is -2.06. The highest BCUT2D eigenvalue weighted by Crippen LogP contribution is 2.18. The van der Waals surface area contributed by atoms with Crippen molar-refractivity contribution in [2.75, 3.05) is 12.4 Å². The van der Waals surface area contributed by atoms with Crippen molar-refractivity contribution in [1.29, 1.82) is 0 Å². The molecule has 0 bridgehead atoms. The number of halogens is 2. The van der Waals surface area contributed by atoms with Gasteiger partial charge >= 0.3 is 11.9 Å². The summed E-state index contributed by atoms with van der Waals surface area (Å²) in [5, 5.41) is 22.7. The highest BCUT2D eigenvalue weighted by atomic mass is 35.5. The molecular formula is C17H21ClFN3O4. The maximum atomic E-state index is 13.0. The molecule has 3 N–H and O–H groups in total. The summed E-state index contributed by atoms with van der Waals surface area (Å²) < 4.78 is 14.8. The van der Waals surface area contributed by atoms with Crippen molar-refractivity contribution < 1.29 is 24.2 Å². The maximum absolute atomic E-state index is 13.0. The van der Waals surface area contributed by atoms with Gasteiger partial charge in [0.1, 0.15) is 5.82 Å². The summed E-state index contributed by atoms with van der Waals surface area (Å²) in [6, 6.07) is 6.37. The average Bonchev–Trinajstić information content (AvgIpc) is 2.87. The van der Waals surface area contributed by atoms with Gasteiger partial charge in [-0.2, -0.15) is 5.10 Å². The lowest BCUT2D eigenvalue weighted by molar-refractivity contribution is -0.159. The molecule has 0 aliphatic carbocycles. The third kappa shape index (κ3) is 6.45. The van der Waals surface area contributed by atoms with Crippen LogP contribution in [0.3, 0.4) is 0 Å². The Labute approximate surface area is 155 Å². The maximum Gasteiger partial charge on any atom is 0.414 e. The molecule has 2 aromatic rings. The van der Waals surface area contributed by atoms with Crippen molar-refractivity contribution in [3.8, 4) is 5.69 Å². The molecule has 0 atom stereocenters. The van der Waals surface area contributed by atoms with Gasteiger partial charge in [0, 0.05) is 23.7 Å². The van der Waals surface area contributed by atoms with Gasteiger partial charge in [-0.05, 0) is 51.1 Å². The molecule has 0 fully saturated rings. The van der Waals surface area contributed by atoms with Gasteiger partial charge in [0.25, 0.3) is 0 Å². The first-order valence-electron chi connectivity index (χ1n) is 7.81. The standard InChI is InChI=1S/C15H19ClFN3.C2H2O4/c1-11-15(10-18-9-3-8-16)12(2)20(19-11)14-6-4-13(17)5-7-14;3-1(4)2(5)6/h4-7,18H,3,8-10H2,1-2H3;(H,3,4)(H,5,6). The van der Waals surface area contributed by atoms with E-state index in [1.165, 1.54) is 17.7 Å². The van der Waals surface area contributed by atoms with Crippen LogP contribution in [0.2, 0.25) is 0 Å². The van der Waals surface area contributed by atoms with Crippen LogP contribution in [0.25, 0.3) is 5.69 Å². The Morgan fingerprint density at radius 3 is 2.27 bits per heavy atom. The average molecular weight is 386 g/mol. The SMILES string of the molecule is Cc1nn(-c2ccc(F)cc2)c(C)c1CNCCCCl.O=C(O)C(=O)O. The summed E-state index contributed by atoms with van der Waals surface area (Å²) >= 11 is 5.66. The van der Waals surface area contributed by atoms with Crippen molar-refractivity contribution >= 4 is 23.5 Å². The van der Waals surface area contributed by atoms with E-state index in [1.807, 2.05) is 18.5 Å². The highest BCUT2D eigenvalue weighted by Gasteiger charge is 2.12. The number of carboxylic acid groups (broad SMARTS) is 2. The Balaban J connectivity index is 0.000000487. The second-order valence-corrected chi connectivity index (χ2v) is 5.75. The van der Waals surface area contributed by atoms with Crippen molar-refractivity contribution in [1.82, 2.24) is 15.1 Å². The van der Waals surface area contributed by atoms with E-state index in [4.69, 9.17) is 31.4 Å². The second-order valence-electron chi connectivity index (χ2n) is 5.37. The quantitative estimate of drug-likeness (QED) is 0.401. The summed E-state index contributed by atoms with van der Waals surface area (Å²) in [7, 11) is 0. The number of aryl methyl sites for hydroxylation is 1. The number of rotatable bonds is 6. The minimum Gasteiger partial charge on any atom is -0.473 e. The highest BCUT2D eigenvalue weighted by molar-refractivity contribution is 6.27. The normalized spacial score (nSPS) is 10.2. The van der Waals surface area contributed by atoms with Gasteiger partial charge in [0.05, 0.1) is 11.4 Å². The van der Waals surface area contributed by atoms with Crippen LogP contribution in [0.15, 0.2) is 24.3 Å². The molecule has 1 aromatic carbocycles. The van der Waals surface area contributed by atoms with Crippen LogP contribution in [0.5, 0.6) is 0 Å². The Morgan fingerprint density at radius 1 is 1.19 bits per heavy atom. The molecule has 7 nitrogen and oxygen atoms in total. The number of hydrogen-bond donors (Lipinski definition) is 3. The molecule has 2 rings (SSSR count). The van der Waals surface area contributed by atoms with E-state index in [-0.39, 0.29) is 5.82 Å². The lowest BCUT2D eigenvalue weighted by atomic mass is 10.2. The topological polar surface area (TPSA) is 104 Å². The molecule has 0 saturated heterocycles. The van der Waals surface area contributed by atoms with Gasteiger partial charge < -0.3 is 15.5 Å². The number of benzene rings is 1. The zero-order chi connectivity index (χ0) is 19.7. The van der Waals surface area contributed by atoms with E-state index in [0.29, 0.717) is 5.88 Å². The zero-order valence-corrected chi connectivity index (χ0v) is 15.3. The number of nitrogens with zero attached hydrogens (tertiary/aromatic N) is 2. The molecular weight excluding hydrogens is 365 g/mol. The number of nitrogens with one attached hydrogen (secondary N) is 1. The number of carboxylic acids is 2. The van der Waals surface area contributed by atoms with Crippen LogP contribution in [0.4, 0.5) is 4.39 Å². The molecule has 0 unspecified atom stereocenters. The summed E-state index contributed by atoms with van der Waals surface area (Å²) in [4.78, 5) is 18.2. The summed E-state index contributed by atoms with van der Waals surface area (Å²) in [5.74, 6) is -3.22. The second kappa shape index (κ2) is 10.5. The van der Waals surface area contributed by atoms with Gasteiger partial charge in [-0.25, -0.2) is 18.7 Å². The number of aliphatic carboxylic acids is 2. The van der Waals surface area contributed by atoms with Gasteiger partial charge in [-0.3, -0.25) is 0 Å². The molecule has 9 heteroatoms. The number of hydrogen-bond acceptors (Lipinski definition) is 4. The predicted molar refractivity (Wildman–Crippen MR) is 95.3 cm³/mol. The molecule has 0 aliphatic heterocycles. The summed E-state index contributed by atoms with van der Waals surface area (Å²) in [5.41, 5.74) is 4.13. The fourth-order valence-corrected chi connectivity index (χ4v) is 2.30. The number of alkyl halides is 1. The third-order valence-electron chi connectivity index (χ3n) is 3.48. The Morgan fingerprint density at radius 2 is 1.77 bits per heavy atom. The monoisotopic (exact) mass is 385 g/mol. The number of aromatic nitrogens is 2. The van der Waals surface area contributed by atoms with Crippen molar-refractivity contribution in [3.63, 3.8) is 0 Å². The molecule has 1 heterocycles. The largest absolute Gasteiger partial charge is 0.473 e.